The number of benzene rings is 1. The number of nitrogens with one attached hydrogen (secondary N) is 1. The number of ether oxygens (including phenoxy) is 1. The van der Waals surface area contributed by atoms with Gasteiger partial charge < -0.3 is 10.1 Å². The summed E-state index contributed by atoms with van der Waals surface area (Å²) in [7, 11) is 1.90. The third-order valence-corrected chi connectivity index (χ3v) is 2.04. The lowest BCUT2D eigenvalue weighted by Crippen LogP contribution is -2.08. The normalized spacial score (nSPS) is 10.7. The average molecular weight is 215 g/mol. The molecule has 0 unspecified atom stereocenters. The zero-order valence-corrected chi connectivity index (χ0v) is 8.67. The van der Waals surface area contributed by atoms with Crippen LogP contribution in [0.4, 0.5) is 8.78 Å². The van der Waals surface area contributed by atoms with Gasteiger partial charge in [0.2, 0.25) is 0 Å². The molecule has 0 atom stereocenters. The first-order chi connectivity index (χ1) is 7.22. The Morgan fingerprint density at radius 1 is 1.27 bits per heavy atom. The zero-order chi connectivity index (χ0) is 11.1. The van der Waals surface area contributed by atoms with Crippen LogP contribution in [0.1, 0.15) is 12.0 Å². The Labute approximate surface area is 88.3 Å². The molecule has 0 amide bonds. The van der Waals surface area contributed by atoms with Crippen molar-refractivity contribution in [3.8, 4) is 5.75 Å². The molecule has 0 heterocycles. The van der Waals surface area contributed by atoms with Crippen LogP contribution >= 0.6 is 0 Å². The average Bonchev–Trinajstić information content (AvgIpc) is 2.20. The molecule has 1 N–H and O–H groups in total. The molecule has 0 radical (unpaired) electrons. The monoisotopic (exact) mass is 215 g/mol. The fourth-order valence-electron chi connectivity index (χ4n) is 1.31. The van der Waals surface area contributed by atoms with E-state index >= 15 is 0 Å². The van der Waals surface area contributed by atoms with Gasteiger partial charge in [0.05, 0.1) is 0 Å². The second-order valence-electron chi connectivity index (χ2n) is 3.23. The van der Waals surface area contributed by atoms with Gasteiger partial charge in [-0.05, 0) is 44.1 Å². The highest BCUT2D eigenvalue weighted by Crippen LogP contribution is 2.15. The Bertz CT molecular complexity index is 274. The van der Waals surface area contributed by atoms with Crippen molar-refractivity contribution in [1.29, 1.82) is 0 Å². The van der Waals surface area contributed by atoms with Crippen LogP contribution in [0.5, 0.6) is 5.75 Å². The Balaban J connectivity index is 2.42. The van der Waals surface area contributed by atoms with E-state index in [0.29, 0.717) is 0 Å². The van der Waals surface area contributed by atoms with Crippen LogP contribution in [-0.2, 0) is 6.42 Å². The number of hydrogen-bond donors (Lipinski definition) is 1. The van der Waals surface area contributed by atoms with Gasteiger partial charge in [-0.1, -0.05) is 12.1 Å². The molecule has 0 saturated carbocycles. The number of alkyl halides is 2. The third-order valence-electron chi connectivity index (χ3n) is 2.04. The molecule has 0 aliphatic heterocycles. The van der Waals surface area contributed by atoms with E-state index in [2.05, 4.69) is 10.1 Å². The molecular formula is C11H15F2NO. The Morgan fingerprint density at radius 2 is 1.93 bits per heavy atom. The smallest absolute Gasteiger partial charge is 0.387 e. The lowest BCUT2D eigenvalue weighted by molar-refractivity contribution is -0.0498. The summed E-state index contributed by atoms with van der Waals surface area (Å²) in [6.45, 7) is -1.80. The molecule has 0 aliphatic rings. The fraction of sp³-hybridized carbons (Fsp3) is 0.455. The molecular weight excluding hydrogens is 200 g/mol. The quantitative estimate of drug-likeness (QED) is 0.736. The molecule has 0 aliphatic carbocycles. The van der Waals surface area contributed by atoms with Crippen LogP contribution in [0.25, 0.3) is 0 Å². The molecule has 0 fully saturated rings. The summed E-state index contributed by atoms with van der Waals surface area (Å²) in [6, 6.07) is 6.77. The van der Waals surface area contributed by atoms with Crippen molar-refractivity contribution >= 4 is 0 Å². The summed E-state index contributed by atoms with van der Waals surface area (Å²) in [4.78, 5) is 0. The summed E-state index contributed by atoms with van der Waals surface area (Å²) in [5.41, 5.74) is 1.13. The molecule has 0 spiro atoms. The highest BCUT2D eigenvalue weighted by Gasteiger charge is 2.03. The lowest BCUT2D eigenvalue weighted by atomic mass is 10.1. The van der Waals surface area contributed by atoms with Gasteiger partial charge in [-0.25, -0.2) is 0 Å². The second kappa shape index (κ2) is 6.35. The highest BCUT2D eigenvalue weighted by molar-refractivity contribution is 5.27. The standard InChI is InChI=1S/C11H15F2NO/c1-14-8-2-3-9-4-6-10(7-5-9)15-11(12)13/h4-7,11,14H,2-3,8H2,1H3. The molecule has 0 saturated heterocycles. The summed E-state index contributed by atoms with van der Waals surface area (Å²) in [5, 5.41) is 3.05. The second-order valence-corrected chi connectivity index (χ2v) is 3.23. The summed E-state index contributed by atoms with van der Waals surface area (Å²) in [6.07, 6.45) is 1.97. The maximum atomic E-state index is 11.8. The van der Waals surface area contributed by atoms with Gasteiger partial charge >= 0.3 is 6.61 Å². The first-order valence-electron chi connectivity index (χ1n) is 4.90. The molecule has 2 nitrogen and oxygen atoms in total. The van der Waals surface area contributed by atoms with Gasteiger partial charge in [0.25, 0.3) is 0 Å². The van der Waals surface area contributed by atoms with Crippen molar-refractivity contribution in [2.75, 3.05) is 13.6 Å². The molecule has 15 heavy (non-hydrogen) atoms. The predicted octanol–water partition coefficient (Wildman–Crippen LogP) is 2.44. The lowest BCUT2D eigenvalue weighted by Gasteiger charge is -2.05. The van der Waals surface area contributed by atoms with Gasteiger partial charge in [0.15, 0.2) is 0 Å². The maximum absolute atomic E-state index is 11.8. The number of hydrogen-bond acceptors (Lipinski definition) is 2. The molecule has 0 bridgehead atoms. The number of rotatable bonds is 6. The van der Waals surface area contributed by atoms with E-state index < -0.39 is 6.61 Å². The molecule has 1 rings (SSSR count). The fourth-order valence-corrected chi connectivity index (χ4v) is 1.31. The largest absolute Gasteiger partial charge is 0.435 e. The number of halogens is 2. The van der Waals surface area contributed by atoms with Gasteiger partial charge in [0, 0.05) is 0 Å². The van der Waals surface area contributed by atoms with Crippen molar-refractivity contribution in [3.05, 3.63) is 29.8 Å². The first-order valence-corrected chi connectivity index (χ1v) is 4.90. The summed E-state index contributed by atoms with van der Waals surface area (Å²) < 4.78 is 27.9. The Kier molecular flexibility index (Phi) is 5.04. The van der Waals surface area contributed by atoms with Crippen LogP contribution in [0.2, 0.25) is 0 Å². The van der Waals surface area contributed by atoms with Gasteiger partial charge in [-0.3, -0.25) is 0 Å². The third kappa shape index (κ3) is 4.74. The molecule has 1 aromatic carbocycles. The summed E-state index contributed by atoms with van der Waals surface area (Å²) >= 11 is 0. The van der Waals surface area contributed by atoms with E-state index in [9.17, 15) is 8.78 Å². The minimum atomic E-state index is -2.75. The molecule has 4 heteroatoms. The van der Waals surface area contributed by atoms with Crippen LogP contribution in [0, 0.1) is 0 Å². The van der Waals surface area contributed by atoms with Crippen molar-refractivity contribution in [2.24, 2.45) is 0 Å². The van der Waals surface area contributed by atoms with Crippen molar-refractivity contribution < 1.29 is 13.5 Å². The van der Waals surface area contributed by atoms with Crippen LogP contribution in [-0.4, -0.2) is 20.2 Å². The Morgan fingerprint density at radius 3 is 2.47 bits per heavy atom. The van der Waals surface area contributed by atoms with E-state index in [4.69, 9.17) is 0 Å². The SMILES string of the molecule is CNCCCc1ccc(OC(F)F)cc1. The van der Waals surface area contributed by atoms with E-state index in [0.717, 1.165) is 24.9 Å². The van der Waals surface area contributed by atoms with E-state index in [-0.39, 0.29) is 5.75 Å². The van der Waals surface area contributed by atoms with E-state index in [1.165, 1.54) is 0 Å². The van der Waals surface area contributed by atoms with Crippen molar-refractivity contribution in [1.82, 2.24) is 5.32 Å². The minimum absolute atomic E-state index is 0.211. The van der Waals surface area contributed by atoms with Crippen LogP contribution < -0.4 is 10.1 Å². The molecule has 1 aromatic rings. The van der Waals surface area contributed by atoms with Gasteiger partial charge in [-0.2, -0.15) is 8.78 Å². The molecule has 84 valence electrons. The van der Waals surface area contributed by atoms with E-state index in [1.807, 2.05) is 19.2 Å². The van der Waals surface area contributed by atoms with Gasteiger partial charge in [-0.15, -0.1) is 0 Å². The highest BCUT2D eigenvalue weighted by atomic mass is 19.3. The topological polar surface area (TPSA) is 21.3 Å². The molecule has 0 aromatic heterocycles. The maximum Gasteiger partial charge on any atom is 0.387 e. The first kappa shape index (κ1) is 11.9. The van der Waals surface area contributed by atoms with Crippen LogP contribution in [0.3, 0.4) is 0 Å². The van der Waals surface area contributed by atoms with Crippen molar-refractivity contribution in [2.45, 2.75) is 19.5 Å². The van der Waals surface area contributed by atoms with Gasteiger partial charge in [0.1, 0.15) is 5.75 Å². The Hall–Kier alpha value is -1.16. The van der Waals surface area contributed by atoms with Crippen LogP contribution in [0.15, 0.2) is 24.3 Å². The minimum Gasteiger partial charge on any atom is -0.435 e. The predicted molar refractivity (Wildman–Crippen MR) is 55.3 cm³/mol. The number of aryl methyl sites for hydroxylation is 1. The zero-order valence-electron chi connectivity index (χ0n) is 8.67. The summed E-state index contributed by atoms with van der Waals surface area (Å²) in [5.74, 6) is 0.211. The van der Waals surface area contributed by atoms with E-state index in [1.54, 1.807) is 12.1 Å². The van der Waals surface area contributed by atoms with Crippen molar-refractivity contribution in [3.63, 3.8) is 0 Å².